The Bertz CT molecular complexity index is 1590. The van der Waals surface area contributed by atoms with E-state index in [4.69, 9.17) is 5.73 Å². The number of nitrogens with one attached hydrogen (secondary N) is 2. The third kappa shape index (κ3) is 4.58. The van der Waals surface area contributed by atoms with Crippen LogP contribution in [0.2, 0.25) is 0 Å². The Hall–Kier alpha value is -4.08. The third-order valence-electron chi connectivity index (χ3n) is 5.59. The number of nitrogens with zero attached hydrogens (tertiary/aromatic N) is 2. The molecule has 0 aliphatic carbocycles. The number of anilines is 3. The number of benzene rings is 2. The number of halogens is 1. The number of rotatable bonds is 5. The summed E-state index contributed by atoms with van der Waals surface area (Å²) in [4.78, 5) is 36.4. The van der Waals surface area contributed by atoms with Crippen molar-refractivity contribution in [3.05, 3.63) is 99.7 Å². The maximum absolute atomic E-state index is 13.5. The second kappa shape index (κ2) is 9.88. The van der Waals surface area contributed by atoms with Crippen molar-refractivity contribution in [3.63, 3.8) is 0 Å². The molecule has 9 heteroatoms. The maximum atomic E-state index is 13.5. The van der Waals surface area contributed by atoms with E-state index in [9.17, 15) is 9.59 Å². The topological polar surface area (TPSA) is 110 Å². The van der Waals surface area contributed by atoms with E-state index in [0.717, 1.165) is 10.0 Å². The van der Waals surface area contributed by atoms with Crippen molar-refractivity contribution >= 4 is 66.4 Å². The summed E-state index contributed by atoms with van der Waals surface area (Å²) in [5.41, 5.74) is 10.5. The number of carbonyl (C=O) groups excluding carboxylic acids is 2. The first-order valence-electron chi connectivity index (χ1n) is 11.0. The number of aromatic nitrogens is 2. The molecule has 0 bridgehead atoms. The molecule has 0 aliphatic rings. The largest absolute Gasteiger partial charge is 0.397 e. The number of amides is 2. The first-order chi connectivity index (χ1) is 17.4. The Labute approximate surface area is 219 Å². The Balaban J connectivity index is 1.65. The van der Waals surface area contributed by atoms with Crippen LogP contribution >= 0.6 is 27.3 Å². The monoisotopic (exact) mass is 557 g/mol. The smallest absolute Gasteiger partial charge is 0.267 e. The summed E-state index contributed by atoms with van der Waals surface area (Å²) in [6.07, 6.45) is 3.30. The number of pyridine rings is 2. The van der Waals surface area contributed by atoms with Crippen LogP contribution in [0.25, 0.3) is 21.3 Å². The van der Waals surface area contributed by atoms with Gasteiger partial charge in [-0.15, -0.1) is 11.3 Å². The van der Waals surface area contributed by atoms with Gasteiger partial charge in [-0.1, -0.05) is 34.1 Å². The number of nitrogen functional groups attached to an aromatic ring is 1. The molecule has 2 amide bonds. The second-order valence-electron chi connectivity index (χ2n) is 7.99. The van der Waals surface area contributed by atoms with Gasteiger partial charge in [-0.3, -0.25) is 14.6 Å². The molecule has 178 valence electrons. The number of carbonyl (C=O) groups is 2. The van der Waals surface area contributed by atoms with Gasteiger partial charge in [-0.2, -0.15) is 0 Å². The molecule has 5 aromatic rings. The SMILES string of the molecule is Cc1nc2sc(C(=O)Nc3ccc(Br)cc3)c(N)c2c(-c2ccncc2)c1C(=O)Nc1ccccc1. The Morgan fingerprint density at radius 3 is 2.22 bits per heavy atom. The highest BCUT2D eigenvalue weighted by Crippen LogP contribution is 2.42. The number of fused-ring (bicyclic) bond motifs is 1. The second-order valence-corrected chi connectivity index (χ2v) is 9.90. The van der Waals surface area contributed by atoms with Crippen LogP contribution in [0.4, 0.5) is 17.1 Å². The van der Waals surface area contributed by atoms with Gasteiger partial charge in [0.1, 0.15) is 9.71 Å². The molecule has 2 aromatic carbocycles. The minimum atomic E-state index is -0.341. The summed E-state index contributed by atoms with van der Waals surface area (Å²) in [5, 5.41) is 6.40. The lowest BCUT2D eigenvalue weighted by atomic mass is 9.95. The van der Waals surface area contributed by atoms with Crippen LogP contribution in [0, 0.1) is 6.92 Å². The predicted molar refractivity (Wildman–Crippen MR) is 148 cm³/mol. The summed E-state index contributed by atoms with van der Waals surface area (Å²) in [6.45, 7) is 1.78. The highest BCUT2D eigenvalue weighted by molar-refractivity contribution is 9.10. The Morgan fingerprint density at radius 1 is 0.889 bits per heavy atom. The van der Waals surface area contributed by atoms with Crippen LogP contribution in [-0.2, 0) is 0 Å². The van der Waals surface area contributed by atoms with Crippen LogP contribution < -0.4 is 16.4 Å². The molecule has 0 unspecified atom stereocenters. The van der Waals surface area contributed by atoms with Crippen molar-refractivity contribution in [1.29, 1.82) is 0 Å². The van der Waals surface area contributed by atoms with Crippen molar-refractivity contribution in [2.24, 2.45) is 0 Å². The number of nitrogens with two attached hydrogens (primary N) is 1. The standard InChI is InChI=1S/C27H20BrN5O2S/c1-15-20(25(34)32-18-5-3-2-4-6-18)21(16-11-13-30-14-12-16)22-23(29)24(36-27(22)31-15)26(35)33-19-9-7-17(28)8-10-19/h2-14H,29H2,1H3,(H,32,34)(H,33,35). The van der Waals surface area contributed by atoms with E-state index in [1.165, 1.54) is 11.3 Å². The van der Waals surface area contributed by atoms with E-state index in [1.54, 1.807) is 31.5 Å². The molecule has 5 rings (SSSR count). The zero-order valence-electron chi connectivity index (χ0n) is 19.1. The number of hydrogen-bond acceptors (Lipinski definition) is 6. The minimum Gasteiger partial charge on any atom is -0.397 e. The van der Waals surface area contributed by atoms with Crippen LogP contribution in [0.5, 0.6) is 0 Å². The van der Waals surface area contributed by atoms with Gasteiger partial charge in [-0.25, -0.2) is 4.98 Å². The van der Waals surface area contributed by atoms with Crippen LogP contribution in [0.1, 0.15) is 25.7 Å². The van der Waals surface area contributed by atoms with E-state index >= 15 is 0 Å². The quantitative estimate of drug-likeness (QED) is 0.228. The predicted octanol–water partition coefficient (Wildman–Crippen LogP) is 6.52. The number of hydrogen-bond donors (Lipinski definition) is 3. The van der Waals surface area contributed by atoms with Gasteiger partial charge in [0.05, 0.1) is 16.9 Å². The average molecular weight is 558 g/mol. The van der Waals surface area contributed by atoms with E-state index in [0.29, 0.717) is 43.3 Å². The van der Waals surface area contributed by atoms with Gasteiger partial charge in [0.25, 0.3) is 11.8 Å². The zero-order valence-corrected chi connectivity index (χ0v) is 21.5. The lowest BCUT2D eigenvalue weighted by Gasteiger charge is -2.15. The third-order valence-corrected chi connectivity index (χ3v) is 7.22. The van der Waals surface area contributed by atoms with Crippen molar-refractivity contribution in [2.75, 3.05) is 16.4 Å². The van der Waals surface area contributed by atoms with Crippen LogP contribution in [-0.4, -0.2) is 21.8 Å². The van der Waals surface area contributed by atoms with Gasteiger partial charge in [0, 0.05) is 39.2 Å². The molecular formula is C27H20BrN5O2S. The lowest BCUT2D eigenvalue weighted by molar-refractivity contribution is 0.102. The first-order valence-corrected chi connectivity index (χ1v) is 12.6. The van der Waals surface area contributed by atoms with Crippen molar-refractivity contribution < 1.29 is 9.59 Å². The first kappa shape index (κ1) is 23.7. The Kier molecular flexibility index (Phi) is 6.49. The van der Waals surface area contributed by atoms with Gasteiger partial charge in [-0.05, 0) is 61.0 Å². The van der Waals surface area contributed by atoms with Gasteiger partial charge in [0.2, 0.25) is 0 Å². The highest BCUT2D eigenvalue weighted by Gasteiger charge is 2.26. The van der Waals surface area contributed by atoms with Crippen molar-refractivity contribution in [1.82, 2.24) is 9.97 Å². The van der Waals surface area contributed by atoms with E-state index in [1.807, 2.05) is 54.6 Å². The minimum absolute atomic E-state index is 0.276. The molecule has 0 saturated carbocycles. The van der Waals surface area contributed by atoms with Gasteiger partial charge < -0.3 is 16.4 Å². The van der Waals surface area contributed by atoms with Crippen molar-refractivity contribution in [3.8, 4) is 11.1 Å². The summed E-state index contributed by atoms with van der Waals surface area (Å²) in [7, 11) is 0. The normalized spacial score (nSPS) is 10.8. The van der Waals surface area contributed by atoms with Gasteiger partial charge in [0.15, 0.2) is 0 Å². The van der Waals surface area contributed by atoms with Crippen LogP contribution in [0.3, 0.4) is 0 Å². The summed E-state index contributed by atoms with van der Waals surface area (Å²) < 4.78 is 0.907. The number of para-hydroxylation sites is 1. The summed E-state index contributed by atoms with van der Waals surface area (Å²) >= 11 is 4.59. The van der Waals surface area contributed by atoms with Crippen molar-refractivity contribution in [2.45, 2.75) is 6.92 Å². The molecule has 0 radical (unpaired) electrons. The molecule has 0 saturated heterocycles. The fraction of sp³-hybridized carbons (Fsp3) is 0.0370. The molecule has 0 spiro atoms. The molecule has 0 fully saturated rings. The van der Waals surface area contributed by atoms with E-state index < -0.39 is 0 Å². The fourth-order valence-corrected chi connectivity index (χ4v) is 5.27. The number of aryl methyl sites for hydroxylation is 1. The van der Waals surface area contributed by atoms with Crippen LogP contribution in [0.15, 0.2) is 83.6 Å². The maximum Gasteiger partial charge on any atom is 0.267 e. The van der Waals surface area contributed by atoms with Gasteiger partial charge >= 0.3 is 0 Å². The lowest BCUT2D eigenvalue weighted by Crippen LogP contribution is -2.16. The zero-order chi connectivity index (χ0) is 25.2. The average Bonchev–Trinajstić information content (AvgIpc) is 3.21. The molecule has 7 nitrogen and oxygen atoms in total. The Morgan fingerprint density at radius 2 is 1.53 bits per heavy atom. The van der Waals surface area contributed by atoms with E-state index in [-0.39, 0.29) is 17.5 Å². The molecule has 36 heavy (non-hydrogen) atoms. The van der Waals surface area contributed by atoms with E-state index in [2.05, 4.69) is 36.5 Å². The summed E-state index contributed by atoms with van der Waals surface area (Å²) in [6, 6.07) is 20.1. The molecule has 0 aliphatic heterocycles. The fourth-order valence-electron chi connectivity index (χ4n) is 3.96. The highest BCUT2D eigenvalue weighted by atomic mass is 79.9. The molecule has 3 aromatic heterocycles. The number of thiophene rings is 1. The molecule has 3 heterocycles. The summed E-state index contributed by atoms with van der Waals surface area (Å²) in [5.74, 6) is -0.655. The molecule has 0 atom stereocenters. The molecular weight excluding hydrogens is 538 g/mol. The molecule has 4 N–H and O–H groups in total.